The molecule has 2 rings (SSSR count). The lowest BCUT2D eigenvalue weighted by Crippen LogP contribution is -2.44. The molecule has 1 aliphatic heterocycles. The second-order valence-corrected chi connectivity index (χ2v) is 4.77. The lowest BCUT2D eigenvalue weighted by atomic mass is 9.94. The topological polar surface area (TPSA) is 65.1 Å². The summed E-state index contributed by atoms with van der Waals surface area (Å²) >= 11 is 0. The zero-order valence-corrected chi connectivity index (χ0v) is 12.6. The Balaban J connectivity index is 2.61. The van der Waals surface area contributed by atoms with Gasteiger partial charge < -0.3 is 14.2 Å². The molecule has 0 bridgehead atoms. The van der Waals surface area contributed by atoms with Crippen LogP contribution in [0, 0.1) is 0 Å². The van der Waals surface area contributed by atoms with Crippen LogP contribution in [0.4, 0.5) is 10.5 Å². The molecule has 0 aromatic heterocycles. The van der Waals surface area contributed by atoms with Crippen LogP contribution in [0.3, 0.4) is 0 Å². The average Bonchev–Trinajstić information content (AvgIpc) is 2.45. The molecule has 0 saturated carbocycles. The van der Waals surface area contributed by atoms with Crippen LogP contribution in [0.25, 0.3) is 0 Å². The summed E-state index contributed by atoms with van der Waals surface area (Å²) in [5.74, 6) is 0.856. The van der Waals surface area contributed by atoms with Gasteiger partial charge in [0.1, 0.15) is 11.5 Å². The molecule has 0 aliphatic carbocycles. The summed E-state index contributed by atoms with van der Waals surface area (Å²) in [6.45, 7) is 3.82. The summed E-state index contributed by atoms with van der Waals surface area (Å²) in [6, 6.07) is 3.01. The number of rotatable bonds is 3. The normalized spacial score (nSPS) is 17.2. The summed E-state index contributed by atoms with van der Waals surface area (Å²) in [5, 5.41) is 0. The van der Waals surface area contributed by atoms with E-state index in [9.17, 15) is 9.59 Å². The first-order valence-corrected chi connectivity index (χ1v) is 6.78. The minimum absolute atomic E-state index is 0.0578. The predicted octanol–water partition coefficient (Wildman–Crippen LogP) is 2.64. The highest BCUT2D eigenvalue weighted by Crippen LogP contribution is 2.40. The highest BCUT2D eigenvalue weighted by Gasteiger charge is 2.36. The standard InChI is InChI=1S/C15H19NO5/c1-5-21-15(18)16-9(2)6-12(17)14-11(16)7-10(19-3)8-13(14)20-4/h7-9H,5-6H2,1-4H3. The maximum Gasteiger partial charge on any atom is 0.414 e. The molecule has 1 aliphatic rings. The molecule has 1 amide bonds. The molecule has 6 nitrogen and oxygen atoms in total. The molecule has 1 heterocycles. The minimum Gasteiger partial charge on any atom is -0.497 e. The smallest absolute Gasteiger partial charge is 0.414 e. The molecule has 0 fully saturated rings. The largest absolute Gasteiger partial charge is 0.497 e. The zero-order valence-electron chi connectivity index (χ0n) is 12.6. The van der Waals surface area contributed by atoms with E-state index in [2.05, 4.69) is 0 Å². The van der Waals surface area contributed by atoms with E-state index in [1.165, 1.54) is 19.1 Å². The summed E-state index contributed by atoms with van der Waals surface area (Å²) in [5.41, 5.74) is 0.859. The molecule has 1 aromatic carbocycles. The number of amides is 1. The van der Waals surface area contributed by atoms with E-state index in [4.69, 9.17) is 14.2 Å². The van der Waals surface area contributed by atoms with Crippen molar-refractivity contribution >= 4 is 17.6 Å². The third kappa shape index (κ3) is 2.66. The van der Waals surface area contributed by atoms with Gasteiger partial charge in [0.2, 0.25) is 0 Å². The van der Waals surface area contributed by atoms with Crippen molar-refractivity contribution in [2.24, 2.45) is 0 Å². The Morgan fingerprint density at radius 1 is 1.33 bits per heavy atom. The van der Waals surface area contributed by atoms with Gasteiger partial charge in [-0.3, -0.25) is 9.69 Å². The molecular formula is C15H19NO5. The number of benzene rings is 1. The summed E-state index contributed by atoms with van der Waals surface area (Å²) < 4.78 is 15.6. The summed E-state index contributed by atoms with van der Waals surface area (Å²) in [6.07, 6.45) is -0.247. The quantitative estimate of drug-likeness (QED) is 0.857. The molecule has 21 heavy (non-hydrogen) atoms. The fraction of sp³-hybridized carbons (Fsp3) is 0.467. The lowest BCUT2D eigenvalue weighted by Gasteiger charge is -2.34. The van der Waals surface area contributed by atoms with Gasteiger partial charge in [0.25, 0.3) is 0 Å². The van der Waals surface area contributed by atoms with E-state index < -0.39 is 6.09 Å². The third-order valence-corrected chi connectivity index (χ3v) is 3.43. The number of ether oxygens (including phenoxy) is 3. The van der Waals surface area contributed by atoms with Crippen LogP contribution in [0.2, 0.25) is 0 Å². The first kappa shape index (κ1) is 15.2. The molecule has 0 spiro atoms. The van der Waals surface area contributed by atoms with E-state index in [1.54, 1.807) is 19.1 Å². The number of carbonyl (C=O) groups is 2. The number of nitrogens with zero attached hydrogens (tertiary/aromatic N) is 1. The second-order valence-electron chi connectivity index (χ2n) is 4.77. The Morgan fingerprint density at radius 2 is 2.05 bits per heavy atom. The van der Waals surface area contributed by atoms with Crippen molar-refractivity contribution in [2.45, 2.75) is 26.3 Å². The van der Waals surface area contributed by atoms with Gasteiger partial charge in [-0.05, 0) is 13.8 Å². The molecule has 1 unspecified atom stereocenters. The molecular weight excluding hydrogens is 274 g/mol. The molecule has 114 valence electrons. The lowest BCUT2D eigenvalue weighted by molar-refractivity contribution is 0.0963. The van der Waals surface area contributed by atoms with Gasteiger partial charge in [0.15, 0.2) is 5.78 Å². The van der Waals surface area contributed by atoms with Crippen LogP contribution in [-0.4, -0.2) is 38.7 Å². The highest BCUT2D eigenvalue weighted by molar-refractivity contribution is 6.10. The number of fused-ring (bicyclic) bond motifs is 1. The monoisotopic (exact) mass is 293 g/mol. The van der Waals surface area contributed by atoms with Crippen molar-refractivity contribution in [3.8, 4) is 11.5 Å². The van der Waals surface area contributed by atoms with Crippen molar-refractivity contribution in [1.82, 2.24) is 0 Å². The van der Waals surface area contributed by atoms with Crippen molar-refractivity contribution in [2.75, 3.05) is 25.7 Å². The van der Waals surface area contributed by atoms with Crippen LogP contribution in [0.1, 0.15) is 30.6 Å². The van der Waals surface area contributed by atoms with E-state index in [0.717, 1.165) is 0 Å². The Labute approximate surface area is 123 Å². The minimum atomic E-state index is -0.478. The summed E-state index contributed by atoms with van der Waals surface area (Å²) in [7, 11) is 3.00. The van der Waals surface area contributed by atoms with Crippen LogP contribution < -0.4 is 14.4 Å². The first-order chi connectivity index (χ1) is 10.0. The maximum absolute atomic E-state index is 12.3. The van der Waals surface area contributed by atoms with Gasteiger partial charge >= 0.3 is 6.09 Å². The van der Waals surface area contributed by atoms with Gasteiger partial charge in [-0.15, -0.1) is 0 Å². The second kappa shape index (κ2) is 6.03. The van der Waals surface area contributed by atoms with Crippen LogP contribution in [-0.2, 0) is 4.74 Å². The third-order valence-electron chi connectivity index (χ3n) is 3.43. The predicted molar refractivity (Wildman–Crippen MR) is 77.5 cm³/mol. The number of Topliss-reactive ketones (excluding diaryl/α,β-unsaturated/α-hetero) is 1. The van der Waals surface area contributed by atoms with Crippen LogP contribution >= 0.6 is 0 Å². The molecule has 0 saturated heterocycles. The number of hydrogen-bond acceptors (Lipinski definition) is 5. The molecule has 0 N–H and O–H groups in total. The number of hydrogen-bond donors (Lipinski definition) is 0. The van der Waals surface area contributed by atoms with Crippen LogP contribution in [0.5, 0.6) is 11.5 Å². The van der Waals surface area contributed by atoms with Gasteiger partial charge in [-0.25, -0.2) is 4.79 Å². The fourth-order valence-corrected chi connectivity index (χ4v) is 2.50. The van der Waals surface area contributed by atoms with Crippen molar-refractivity contribution in [3.05, 3.63) is 17.7 Å². The zero-order chi connectivity index (χ0) is 15.6. The van der Waals surface area contributed by atoms with Gasteiger partial charge in [-0.2, -0.15) is 0 Å². The number of methoxy groups -OCH3 is 2. The molecule has 0 radical (unpaired) electrons. The molecule has 1 aromatic rings. The number of ketones is 1. The summed E-state index contributed by atoms with van der Waals surface area (Å²) in [4.78, 5) is 26.0. The Bertz CT molecular complexity index is 569. The van der Waals surface area contributed by atoms with Crippen molar-refractivity contribution in [3.63, 3.8) is 0 Å². The van der Waals surface area contributed by atoms with Gasteiger partial charge in [0.05, 0.1) is 32.1 Å². The molecule has 6 heteroatoms. The Kier molecular flexibility index (Phi) is 4.35. The first-order valence-electron chi connectivity index (χ1n) is 6.78. The van der Waals surface area contributed by atoms with Gasteiger partial charge in [-0.1, -0.05) is 0 Å². The van der Waals surface area contributed by atoms with Crippen molar-refractivity contribution in [1.29, 1.82) is 0 Å². The average molecular weight is 293 g/mol. The van der Waals surface area contributed by atoms with Crippen molar-refractivity contribution < 1.29 is 23.8 Å². The van der Waals surface area contributed by atoms with E-state index >= 15 is 0 Å². The van der Waals surface area contributed by atoms with Crippen LogP contribution in [0.15, 0.2) is 12.1 Å². The van der Waals surface area contributed by atoms with E-state index in [1.807, 2.05) is 6.92 Å². The number of carbonyl (C=O) groups excluding carboxylic acids is 2. The Morgan fingerprint density at radius 3 is 2.62 bits per heavy atom. The fourth-order valence-electron chi connectivity index (χ4n) is 2.50. The van der Waals surface area contributed by atoms with E-state index in [-0.39, 0.29) is 24.9 Å². The Hall–Kier alpha value is -2.24. The number of anilines is 1. The maximum atomic E-state index is 12.3. The van der Waals surface area contributed by atoms with E-state index in [0.29, 0.717) is 22.7 Å². The SMILES string of the molecule is CCOC(=O)N1c2cc(OC)cc(OC)c2C(=O)CC1C. The van der Waals surface area contributed by atoms with Gasteiger partial charge in [0, 0.05) is 24.6 Å². The molecule has 1 atom stereocenters. The highest BCUT2D eigenvalue weighted by atomic mass is 16.6.